The van der Waals surface area contributed by atoms with Gasteiger partial charge in [0, 0.05) is 18.2 Å². The minimum Gasteiger partial charge on any atom is -0.299 e. The average Bonchev–Trinajstić information content (AvgIpc) is 2.73. The molecule has 0 amide bonds. The summed E-state index contributed by atoms with van der Waals surface area (Å²) in [7, 11) is 0. The Morgan fingerprint density at radius 3 is 2.82 bits per heavy atom. The number of ketones is 1. The van der Waals surface area contributed by atoms with Crippen LogP contribution in [0, 0.1) is 12.8 Å². The molecule has 1 aromatic rings. The first kappa shape index (κ1) is 12.7. The van der Waals surface area contributed by atoms with Gasteiger partial charge >= 0.3 is 0 Å². The van der Waals surface area contributed by atoms with Crippen molar-refractivity contribution in [1.82, 2.24) is 4.98 Å². The molecule has 94 valence electrons. The van der Waals surface area contributed by atoms with Crippen molar-refractivity contribution in [2.45, 2.75) is 58.3 Å². The Labute approximate surface area is 107 Å². The Balaban J connectivity index is 1.70. The van der Waals surface area contributed by atoms with Crippen LogP contribution in [-0.4, -0.2) is 10.8 Å². The maximum atomic E-state index is 11.8. The molecule has 1 saturated carbocycles. The Bertz CT molecular complexity index is 366. The van der Waals surface area contributed by atoms with Crippen LogP contribution in [0.25, 0.3) is 0 Å². The minimum absolute atomic E-state index is 0.362. The third kappa shape index (κ3) is 4.23. The molecule has 0 aromatic carbocycles. The monoisotopic (exact) mass is 251 g/mol. The molecule has 0 saturated heterocycles. The number of carbonyl (C=O) groups excluding carboxylic acids is 1. The van der Waals surface area contributed by atoms with Gasteiger partial charge in [-0.15, -0.1) is 11.3 Å². The number of Topliss-reactive ketones (excluding diaryl/α,β-unsaturated/α-hetero) is 1. The lowest BCUT2D eigenvalue weighted by Crippen LogP contribution is -2.10. The van der Waals surface area contributed by atoms with Crippen LogP contribution in [0.1, 0.15) is 55.6 Å². The summed E-state index contributed by atoms with van der Waals surface area (Å²) >= 11 is 1.63. The van der Waals surface area contributed by atoms with Crippen molar-refractivity contribution in [2.75, 3.05) is 0 Å². The maximum Gasteiger partial charge on any atom is 0.138 e. The minimum atomic E-state index is 0.362. The molecule has 0 N–H and O–H groups in total. The van der Waals surface area contributed by atoms with E-state index in [1.165, 1.54) is 32.1 Å². The average molecular weight is 251 g/mol. The van der Waals surface area contributed by atoms with Crippen molar-refractivity contribution >= 4 is 17.1 Å². The summed E-state index contributed by atoms with van der Waals surface area (Å²) in [6.07, 6.45) is 9.18. The standard InChI is InChI=1S/C14H21NOS/c1-11-15-13(10-17-11)9-14(16)8-7-12-5-3-2-4-6-12/h10,12H,2-9H2,1H3. The molecule has 0 atom stereocenters. The van der Waals surface area contributed by atoms with E-state index in [9.17, 15) is 4.79 Å². The van der Waals surface area contributed by atoms with Crippen molar-refractivity contribution in [3.8, 4) is 0 Å². The molecule has 0 aliphatic heterocycles. The predicted molar refractivity (Wildman–Crippen MR) is 71.4 cm³/mol. The quantitative estimate of drug-likeness (QED) is 0.794. The topological polar surface area (TPSA) is 30.0 Å². The number of hydrogen-bond acceptors (Lipinski definition) is 3. The van der Waals surface area contributed by atoms with Crippen LogP contribution in [0.4, 0.5) is 0 Å². The molecule has 1 heterocycles. The van der Waals surface area contributed by atoms with Crippen LogP contribution in [0.5, 0.6) is 0 Å². The lowest BCUT2D eigenvalue weighted by Gasteiger charge is -2.20. The molecule has 1 aliphatic rings. The van der Waals surface area contributed by atoms with Crippen molar-refractivity contribution in [3.63, 3.8) is 0 Å². The normalized spacial score (nSPS) is 17.2. The number of thiazole rings is 1. The summed E-state index contributed by atoms with van der Waals surface area (Å²) in [5, 5.41) is 3.06. The third-order valence-corrected chi connectivity index (χ3v) is 4.42. The molecule has 3 heteroatoms. The van der Waals surface area contributed by atoms with Gasteiger partial charge in [0.05, 0.1) is 10.7 Å². The number of aromatic nitrogens is 1. The molecule has 2 rings (SSSR count). The first-order valence-electron chi connectivity index (χ1n) is 6.67. The van der Waals surface area contributed by atoms with E-state index in [0.717, 1.165) is 29.5 Å². The second-order valence-corrected chi connectivity index (χ2v) is 6.18. The zero-order valence-corrected chi connectivity index (χ0v) is 11.4. The summed E-state index contributed by atoms with van der Waals surface area (Å²) in [6, 6.07) is 0. The van der Waals surface area contributed by atoms with Crippen LogP contribution in [-0.2, 0) is 11.2 Å². The summed E-state index contributed by atoms with van der Waals surface area (Å²) < 4.78 is 0. The van der Waals surface area contributed by atoms with Crippen LogP contribution in [0.3, 0.4) is 0 Å². The van der Waals surface area contributed by atoms with Crippen molar-refractivity contribution in [2.24, 2.45) is 5.92 Å². The smallest absolute Gasteiger partial charge is 0.138 e. The molecule has 0 radical (unpaired) electrons. The van der Waals surface area contributed by atoms with E-state index in [1.54, 1.807) is 11.3 Å². The van der Waals surface area contributed by atoms with Gasteiger partial charge in [-0.25, -0.2) is 4.98 Å². The van der Waals surface area contributed by atoms with E-state index in [4.69, 9.17) is 0 Å². The number of hydrogen-bond donors (Lipinski definition) is 0. The van der Waals surface area contributed by atoms with Gasteiger partial charge in [0.1, 0.15) is 5.78 Å². The van der Waals surface area contributed by atoms with Gasteiger partial charge in [0.25, 0.3) is 0 Å². The second kappa shape index (κ2) is 6.29. The first-order chi connectivity index (χ1) is 8.24. The summed E-state index contributed by atoms with van der Waals surface area (Å²) in [4.78, 5) is 16.2. The van der Waals surface area contributed by atoms with E-state index in [-0.39, 0.29) is 0 Å². The van der Waals surface area contributed by atoms with Crippen LogP contribution in [0.2, 0.25) is 0 Å². The van der Waals surface area contributed by atoms with Crippen molar-refractivity contribution in [1.29, 1.82) is 0 Å². The Hall–Kier alpha value is -0.700. The third-order valence-electron chi connectivity index (χ3n) is 3.60. The number of carbonyl (C=O) groups is 1. The second-order valence-electron chi connectivity index (χ2n) is 5.12. The largest absolute Gasteiger partial charge is 0.299 e. The molecule has 0 bridgehead atoms. The Kier molecular flexibility index (Phi) is 4.72. The highest BCUT2D eigenvalue weighted by molar-refractivity contribution is 7.09. The molecule has 0 unspecified atom stereocenters. The maximum absolute atomic E-state index is 11.8. The zero-order chi connectivity index (χ0) is 12.1. The number of aryl methyl sites for hydroxylation is 1. The first-order valence-corrected chi connectivity index (χ1v) is 7.54. The number of rotatable bonds is 5. The van der Waals surface area contributed by atoms with Crippen molar-refractivity contribution < 1.29 is 4.79 Å². The van der Waals surface area contributed by atoms with Crippen molar-refractivity contribution in [3.05, 3.63) is 16.1 Å². The predicted octanol–water partition coefficient (Wildman–Crippen LogP) is 3.92. The molecule has 2 nitrogen and oxygen atoms in total. The fourth-order valence-corrected chi connectivity index (χ4v) is 3.23. The van der Waals surface area contributed by atoms with E-state index < -0.39 is 0 Å². The number of nitrogens with zero attached hydrogens (tertiary/aromatic N) is 1. The lowest BCUT2D eigenvalue weighted by atomic mass is 9.85. The molecule has 17 heavy (non-hydrogen) atoms. The van der Waals surface area contributed by atoms with Crippen LogP contribution in [0.15, 0.2) is 5.38 Å². The van der Waals surface area contributed by atoms with Gasteiger partial charge in [-0.05, 0) is 19.3 Å². The van der Waals surface area contributed by atoms with Gasteiger partial charge < -0.3 is 0 Å². The zero-order valence-electron chi connectivity index (χ0n) is 10.6. The lowest BCUT2D eigenvalue weighted by molar-refractivity contribution is -0.118. The molecular weight excluding hydrogens is 230 g/mol. The van der Waals surface area contributed by atoms with E-state index >= 15 is 0 Å². The Morgan fingerprint density at radius 1 is 1.41 bits per heavy atom. The summed E-state index contributed by atoms with van der Waals surface area (Å²) in [6.45, 7) is 1.99. The molecule has 0 spiro atoms. The van der Waals surface area contributed by atoms with Crippen LogP contribution >= 0.6 is 11.3 Å². The van der Waals surface area contributed by atoms with E-state index in [2.05, 4.69) is 4.98 Å². The van der Waals surface area contributed by atoms with E-state index in [0.29, 0.717) is 12.2 Å². The highest BCUT2D eigenvalue weighted by Gasteiger charge is 2.15. The van der Waals surface area contributed by atoms with Gasteiger partial charge in [0.2, 0.25) is 0 Å². The summed E-state index contributed by atoms with van der Waals surface area (Å²) in [5.41, 5.74) is 0.959. The molecule has 1 fully saturated rings. The highest BCUT2D eigenvalue weighted by Crippen LogP contribution is 2.27. The highest BCUT2D eigenvalue weighted by atomic mass is 32.1. The molecule has 1 aliphatic carbocycles. The van der Waals surface area contributed by atoms with E-state index in [1.807, 2.05) is 12.3 Å². The fraction of sp³-hybridized carbons (Fsp3) is 0.714. The fourth-order valence-electron chi connectivity index (χ4n) is 2.62. The van der Waals surface area contributed by atoms with Crippen LogP contribution < -0.4 is 0 Å². The van der Waals surface area contributed by atoms with Gasteiger partial charge in [0.15, 0.2) is 0 Å². The van der Waals surface area contributed by atoms with Gasteiger partial charge in [-0.2, -0.15) is 0 Å². The Morgan fingerprint density at radius 2 is 2.18 bits per heavy atom. The molecular formula is C14H21NOS. The van der Waals surface area contributed by atoms with Gasteiger partial charge in [-0.1, -0.05) is 32.1 Å². The molecule has 1 aromatic heterocycles. The SMILES string of the molecule is Cc1nc(CC(=O)CCC2CCCCC2)cs1. The van der Waals surface area contributed by atoms with Gasteiger partial charge in [-0.3, -0.25) is 4.79 Å². The summed E-state index contributed by atoms with van der Waals surface area (Å²) in [5.74, 6) is 1.17.